The van der Waals surface area contributed by atoms with Gasteiger partial charge in [-0.1, -0.05) is 18.2 Å². The summed E-state index contributed by atoms with van der Waals surface area (Å²) in [6.07, 6.45) is 3.36. The van der Waals surface area contributed by atoms with Crippen LogP contribution in [0.25, 0.3) is 33.0 Å². The molecule has 2 amide bonds. The number of para-hydroxylation sites is 1. The number of aromatic nitrogens is 2. The van der Waals surface area contributed by atoms with E-state index in [1.165, 1.54) is 30.3 Å². The number of amides is 2. The molecule has 0 unspecified atom stereocenters. The van der Waals surface area contributed by atoms with Crippen LogP contribution in [0.1, 0.15) is 21.5 Å². The maximum absolute atomic E-state index is 14.0. The number of ether oxygens (including phenoxy) is 1. The number of esters is 1. The number of carbonyl (C=O) groups is 3. The molecule has 46 heavy (non-hydrogen) atoms. The summed E-state index contributed by atoms with van der Waals surface area (Å²) in [7, 11) is -1.32. The number of fused-ring (bicyclic) bond motifs is 2. The molecule has 0 saturated heterocycles. The van der Waals surface area contributed by atoms with Crippen molar-refractivity contribution in [2.45, 2.75) is 0 Å². The molecule has 1 aliphatic rings. The van der Waals surface area contributed by atoms with Crippen molar-refractivity contribution in [3.63, 3.8) is 0 Å². The first-order chi connectivity index (χ1) is 21.3. The monoisotopic (exact) mass is 654 g/mol. The Morgan fingerprint density at radius 2 is 1.43 bits per heavy atom. The van der Waals surface area contributed by atoms with Crippen molar-refractivity contribution in [3.05, 3.63) is 106 Å². The number of carbonyl (C=O) groups excluding carboxylic acids is 3. The van der Waals surface area contributed by atoms with Gasteiger partial charge in [-0.2, -0.15) is 0 Å². The van der Waals surface area contributed by atoms with E-state index in [9.17, 15) is 29.1 Å². The number of phosphoric acid groups is 1. The number of imide groups is 1. The molecule has 3 heterocycles. The molecule has 230 valence electrons. The Morgan fingerprint density at radius 1 is 0.870 bits per heavy atom. The molecule has 16 heteroatoms. The SMILES string of the molecule is Cn1cc(C2=C(c3cn(C)c4cc([N+](=O)[O-])ccc34)C(=O)N(COC(=O)c3ccc(OP(=O)(O)O)cc3)C2=O)c2ccccc21.[NaH]. The van der Waals surface area contributed by atoms with E-state index in [4.69, 9.17) is 14.5 Å². The van der Waals surface area contributed by atoms with Crippen LogP contribution in [0.3, 0.4) is 0 Å². The van der Waals surface area contributed by atoms with E-state index in [0.717, 1.165) is 22.5 Å². The van der Waals surface area contributed by atoms with Gasteiger partial charge in [-0.3, -0.25) is 29.5 Å². The molecule has 14 nitrogen and oxygen atoms in total. The summed E-state index contributed by atoms with van der Waals surface area (Å²) in [5.41, 5.74) is 2.10. The average molecular weight is 655 g/mol. The van der Waals surface area contributed by atoms with Gasteiger partial charge in [-0.05, 0) is 36.4 Å². The molecule has 3 aromatic carbocycles. The number of hydrogen-bond donors (Lipinski definition) is 2. The Hall–Kier alpha value is -4.56. The Balaban J connectivity index is 0.00000417. The van der Waals surface area contributed by atoms with Crippen LogP contribution in [0.15, 0.2) is 79.1 Å². The summed E-state index contributed by atoms with van der Waals surface area (Å²) in [5.74, 6) is -2.52. The Morgan fingerprint density at radius 3 is 2.02 bits per heavy atom. The fraction of sp³-hybridized carbons (Fsp3) is 0.100. The zero-order valence-corrected chi connectivity index (χ0v) is 24.5. The molecule has 5 aromatic rings. The van der Waals surface area contributed by atoms with Crippen LogP contribution in [0.5, 0.6) is 5.75 Å². The minimum absolute atomic E-state index is 0. The second-order valence-electron chi connectivity index (χ2n) is 10.2. The van der Waals surface area contributed by atoms with Gasteiger partial charge in [0.15, 0.2) is 6.73 Å². The van der Waals surface area contributed by atoms with Crippen molar-refractivity contribution in [2.24, 2.45) is 14.1 Å². The van der Waals surface area contributed by atoms with Gasteiger partial charge in [0.2, 0.25) is 0 Å². The third-order valence-corrected chi connectivity index (χ3v) is 7.88. The van der Waals surface area contributed by atoms with Crippen LogP contribution in [-0.4, -0.2) is 82.8 Å². The van der Waals surface area contributed by atoms with Gasteiger partial charge >= 0.3 is 43.3 Å². The first-order valence-corrected chi connectivity index (χ1v) is 14.8. The Bertz CT molecular complexity index is 2160. The van der Waals surface area contributed by atoms with Gasteiger partial charge in [-0.25, -0.2) is 14.3 Å². The normalized spacial score (nSPS) is 13.4. The Kier molecular flexibility index (Phi) is 8.79. The van der Waals surface area contributed by atoms with Gasteiger partial charge in [0.1, 0.15) is 5.75 Å². The molecular formula is C30H24N4NaO10P. The predicted molar refractivity (Wildman–Crippen MR) is 168 cm³/mol. The molecule has 6 rings (SSSR count). The molecule has 0 atom stereocenters. The van der Waals surface area contributed by atoms with Gasteiger partial charge in [-0.15, -0.1) is 0 Å². The third kappa shape index (κ3) is 5.89. The number of nitro benzene ring substituents is 1. The van der Waals surface area contributed by atoms with Crippen molar-refractivity contribution < 1.29 is 42.9 Å². The van der Waals surface area contributed by atoms with Gasteiger partial charge in [0.05, 0.1) is 27.1 Å². The molecule has 0 bridgehead atoms. The van der Waals surface area contributed by atoms with E-state index < -0.39 is 37.3 Å². The van der Waals surface area contributed by atoms with E-state index in [-0.39, 0.29) is 57.7 Å². The summed E-state index contributed by atoms with van der Waals surface area (Å²) in [5, 5.41) is 12.6. The maximum atomic E-state index is 14.0. The van der Waals surface area contributed by atoms with E-state index in [1.54, 1.807) is 37.1 Å². The van der Waals surface area contributed by atoms with Crippen molar-refractivity contribution in [2.75, 3.05) is 6.73 Å². The standard InChI is InChI=1S/C30H23N4O10P.Na.H/c1-31-14-22(20-5-3-4-6-24(20)31)26-27(23-15-32(2)25-13-18(34(38)39)9-12-21(23)25)29(36)33(28(26)35)16-43-30(37)17-7-10-19(11-8-17)44-45(40,41)42;;/h3-15H,16H2,1-2H3,(H2,40,41,42);;. The van der Waals surface area contributed by atoms with Crippen molar-refractivity contribution in [1.82, 2.24) is 14.0 Å². The minimum atomic E-state index is -4.80. The summed E-state index contributed by atoms with van der Waals surface area (Å²) >= 11 is 0. The van der Waals surface area contributed by atoms with Gasteiger partial charge in [0, 0.05) is 66.0 Å². The quantitative estimate of drug-likeness (QED) is 0.0627. The molecule has 2 aromatic heterocycles. The molecule has 0 fully saturated rings. The number of hydrogen-bond acceptors (Lipinski definition) is 8. The topological polar surface area (TPSA) is 183 Å². The molecule has 0 spiro atoms. The number of phosphoric ester groups is 1. The van der Waals surface area contributed by atoms with E-state index in [1.807, 2.05) is 22.8 Å². The molecule has 2 N–H and O–H groups in total. The summed E-state index contributed by atoms with van der Waals surface area (Å²) < 4.78 is 24.3. The first kappa shape index (κ1) is 32.8. The van der Waals surface area contributed by atoms with Crippen molar-refractivity contribution >= 4 is 93.8 Å². The van der Waals surface area contributed by atoms with Crippen LogP contribution >= 0.6 is 7.82 Å². The van der Waals surface area contributed by atoms with Crippen LogP contribution in [0.2, 0.25) is 0 Å². The zero-order chi connectivity index (χ0) is 32.2. The molecule has 0 radical (unpaired) electrons. The van der Waals surface area contributed by atoms with Crippen LogP contribution in [-0.2, 0) is 33.0 Å². The van der Waals surface area contributed by atoms with E-state index >= 15 is 0 Å². The number of nitro groups is 1. The second kappa shape index (κ2) is 12.3. The van der Waals surface area contributed by atoms with Crippen molar-refractivity contribution in [3.8, 4) is 5.75 Å². The van der Waals surface area contributed by atoms with Gasteiger partial charge in [0.25, 0.3) is 17.5 Å². The summed E-state index contributed by atoms with van der Waals surface area (Å²) in [6, 6.07) is 16.3. The molecular weight excluding hydrogens is 630 g/mol. The van der Waals surface area contributed by atoms with E-state index in [0.29, 0.717) is 27.4 Å². The van der Waals surface area contributed by atoms with Crippen LogP contribution < -0.4 is 4.52 Å². The Labute approximate surface area is 282 Å². The zero-order valence-electron chi connectivity index (χ0n) is 23.6. The van der Waals surface area contributed by atoms with Crippen molar-refractivity contribution in [1.29, 1.82) is 0 Å². The third-order valence-electron chi connectivity index (χ3n) is 7.43. The first-order valence-electron chi connectivity index (χ1n) is 13.2. The van der Waals surface area contributed by atoms with E-state index in [2.05, 4.69) is 4.52 Å². The van der Waals surface area contributed by atoms with Gasteiger partial charge < -0.3 is 18.4 Å². The number of rotatable bonds is 8. The summed E-state index contributed by atoms with van der Waals surface area (Å²) in [6.45, 7) is -0.731. The second-order valence-corrected chi connectivity index (χ2v) is 11.4. The fourth-order valence-electron chi connectivity index (χ4n) is 5.41. The molecule has 1 aliphatic heterocycles. The summed E-state index contributed by atoms with van der Waals surface area (Å²) in [4.78, 5) is 70.5. The number of aryl methyl sites for hydroxylation is 2. The number of benzene rings is 3. The molecule has 0 saturated carbocycles. The predicted octanol–water partition coefficient (Wildman–Crippen LogP) is 3.50. The number of non-ortho nitro benzene ring substituents is 1. The number of nitrogens with zero attached hydrogens (tertiary/aromatic N) is 4. The average Bonchev–Trinajstić information content (AvgIpc) is 3.58. The van der Waals surface area contributed by atoms with Crippen LogP contribution in [0.4, 0.5) is 5.69 Å². The van der Waals surface area contributed by atoms with Crippen LogP contribution in [0, 0.1) is 10.1 Å². The molecule has 0 aliphatic carbocycles. The fourth-order valence-corrected chi connectivity index (χ4v) is 5.81.